The molecule has 13 heavy (non-hydrogen) atoms. The normalized spacial score (nSPS) is 13.0. The fourth-order valence-electron chi connectivity index (χ4n) is 1.06. The lowest BCUT2D eigenvalue weighted by atomic mass is 10.2. The van der Waals surface area contributed by atoms with Crippen LogP contribution in [0.15, 0.2) is 0 Å². The van der Waals surface area contributed by atoms with Gasteiger partial charge in [0.25, 0.3) is 0 Å². The lowest BCUT2D eigenvalue weighted by Crippen LogP contribution is -2.23. The molecule has 0 saturated carbocycles. The second kappa shape index (κ2) is 7.19. The molecule has 0 heterocycles. The molecular weight excluding hydrogens is 188 g/mol. The predicted molar refractivity (Wildman–Crippen MR) is 55.0 cm³/mol. The number of carbonyl (C=O) groups excluding carboxylic acids is 1. The summed E-state index contributed by atoms with van der Waals surface area (Å²) in [5.41, 5.74) is 0. The van der Waals surface area contributed by atoms with Gasteiger partial charge in [0.15, 0.2) is 0 Å². The Morgan fingerprint density at radius 3 is 2.23 bits per heavy atom. The number of esters is 1. The van der Waals surface area contributed by atoms with Crippen molar-refractivity contribution in [3.63, 3.8) is 0 Å². The van der Waals surface area contributed by atoms with Gasteiger partial charge in [0, 0.05) is 0 Å². The zero-order valence-corrected chi connectivity index (χ0v) is 9.43. The number of alkyl halides is 1. The van der Waals surface area contributed by atoms with Crippen molar-refractivity contribution in [2.24, 2.45) is 0 Å². The Bertz CT molecular complexity index is 144. The van der Waals surface area contributed by atoms with Gasteiger partial charge in [-0.15, -0.1) is 11.6 Å². The Hall–Kier alpha value is -0.240. The molecule has 0 amide bonds. The first kappa shape index (κ1) is 12.8. The first-order valence-corrected chi connectivity index (χ1v) is 5.43. The second-order valence-electron chi connectivity index (χ2n) is 3.13. The van der Waals surface area contributed by atoms with Crippen LogP contribution in [0.25, 0.3) is 0 Å². The van der Waals surface area contributed by atoms with E-state index in [0.29, 0.717) is 6.42 Å². The van der Waals surface area contributed by atoms with Crippen LogP contribution in [0.2, 0.25) is 0 Å². The number of hydrogen-bond acceptors (Lipinski definition) is 2. The summed E-state index contributed by atoms with van der Waals surface area (Å²) in [4.78, 5) is 11.3. The van der Waals surface area contributed by atoms with Crippen molar-refractivity contribution in [1.29, 1.82) is 0 Å². The minimum Gasteiger partial charge on any atom is -0.461 e. The van der Waals surface area contributed by atoms with Crippen molar-refractivity contribution in [3.05, 3.63) is 0 Å². The van der Waals surface area contributed by atoms with Crippen LogP contribution in [0.1, 0.15) is 46.5 Å². The molecule has 0 aromatic heterocycles. The van der Waals surface area contributed by atoms with E-state index in [2.05, 4.69) is 0 Å². The number of halogens is 1. The average molecular weight is 207 g/mol. The number of ether oxygens (including phenoxy) is 1. The number of hydrogen-bond donors (Lipinski definition) is 0. The van der Waals surface area contributed by atoms with E-state index in [1.165, 1.54) is 0 Å². The fourth-order valence-corrected chi connectivity index (χ4v) is 1.33. The quantitative estimate of drug-likeness (QED) is 0.493. The molecule has 0 aliphatic rings. The molecule has 0 saturated heterocycles. The van der Waals surface area contributed by atoms with Crippen molar-refractivity contribution in [2.75, 3.05) is 0 Å². The molecule has 0 N–H and O–H groups in total. The Kier molecular flexibility index (Phi) is 7.06. The molecule has 0 bridgehead atoms. The van der Waals surface area contributed by atoms with Crippen LogP contribution in [0.3, 0.4) is 0 Å². The lowest BCUT2D eigenvalue weighted by molar-refractivity contribution is -0.149. The second-order valence-corrected chi connectivity index (χ2v) is 3.66. The van der Waals surface area contributed by atoms with Crippen LogP contribution >= 0.6 is 11.6 Å². The zero-order chi connectivity index (χ0) is 10.3. The maximum atomic E-state index is 11.3. The van der Waals surface area contributed by atoms with Crippen molar-refractivity contribution < 1.29 is 9.53 Å². The van der Waals surface area contributed by atoms with Crippen LogP contribution in [0.5, 0.6) is 0 Å². The maximum absolute atomic E-state index is 11.3. The van der Waals surface area contributed by atoms with Gasteiger partial charge in [-0.1, -0.05) is 27.2 Å². The Morgan fingerprint density at radius 2 is 1.85 bits per heavy atom. The first-order valence-electron chi connectivity index (χ1n) is 5.00. The largest absolute Gasteiger partial charge is 0.461 e. The Balaban J connectivity index is 3.83. The van der Waals surface area contributed by atoms with Crippen LogP contribution in [0, 0.1) is 0 Å². The van der Waals surface area contributed by atoms with Crippen LogP contribution in [-0.4, -0.2) is 17.5 Å². The van der Waals surface area contributed by atoms with E-state index >= 15 is 0 Å². The topological polar surface area (TPSA) is 26.3 Å². The molecule has 1 atom stereocenters. The van der Waals surface area contributed by atoms with Gasteiger partial charge in [-0.3, -0.25) is 4.79 Å². The summed E-state index contributed by atoms with van der Waals surface area (Å²) in [6, 6.07) is 0. The van der Waals surface area contributed by atoms with E-state index in [0.717, 1.165) is 19.3 Å². The molecule has 0 aliphatic heterocycles. The minimum atomic E-state index is -0.467. The standard InChI is InChI=1S/C10H19ClO2/c1-4-7-9(11)10(12)13-8(5-2)6-3/h8-9H,4-7H2,1-3H3. The molecule has 2 nitrogen and oxygen atoms in total. The summed E-state index contributed by atoms with van der Waals surface area (Å²) in [6.45, 7) is 6.01. The molecule has 0 aliphatic carbocycles. The minimum absolute atomic E-state index is 0.0330. The summed E-state index contributed by atoms with van der Waals surface area (Å²) in [6.07, 6.45) is 3.36. The van der Waals surface area contributed by atoms with Crippen molar-refractivity contribution in [2.45, 2.75) is 57.9 Å². The highest BCUT2D eigenvalue weighted by Gasteiger charge is 2.18. The smallest absolute Gasteiger partial charge is 0.324 e. The van der Waals surface area contributed by atoms with Crippen LogP contribution in [-0.2, 0) is 9.53 Å². The van der Waals surface area contributed by atoms with Gasteiger partial charge in [-0.05, 0) is 19.3 Å². The highest BCUT2D eigenvalue weighted by Crippen LogP contribution is 2.11. The number of carbonyl (C=O) groups is 1. The van der Waals surface area contributed by atoms with E-state index in [-0.39, 0.29) is 12.1 Å². The lowest BCUT2D eigenvalue weighted by Gasteiger charge is -2.16. The molecule has 78 valence electrons. The van der Waals surface area contributed by atoms with Crippen LogP contribution in [0.4, 0.5) is 0 Å². The average Bonchev–Trinajstić information content (AvgIpc) is 2.14. The van der Waals surface area contributed by atoms with Crippen molar-refractivity contribution in [1.82, 2.24) is 0 Å². The molecule has 0 spiro atoms. The third-order valence-corrected chi connectivity index (χ3v) is 2.39. The highest BCUT2D eigenvalue weighted by molar-refractivity contribution is 6.29. The van der Waals surface area contributed by atoms with Gasteiger partial charge in [0.05, 0.1) is 0 Å². The van der Waals surface area contributed by atoms with Gasteiger partial charge < -0.3 is 4.74 Å². The van der Waals surface area contributed by atoms with Gasteiger partial charge in [-0.25, -0.2) is 0 Å². The molecule has 0 radical (unpaired) electrons. The number of rotatable bonds is 6. The molecule has 3 heteroatoms. The molecule has 0 aromatic rings. The Morgan fingerprint density at radius 1 is 1.31 bits per heavy atom. The van der Waals surface area contributed by atoms with Crippen molar-refractivity contribution in [3.8, 4) is 0 Å². The van der Waals surface area contributed by atoms with Gasteiger partial charge >= 0.3 is 5.97 Å². The fraction of sp³-hybridized carbons (Fsp3) is 0.900. The van der Waals surface area contributed by atoms with E-state index in [9.17, 15) is 4.79 Å². The Labute approximate surface area is 85.6 Å². The summed E-state index contributed by atoms with van der Waals surface area (Å²) in [5, 5.41) is -0.467. The highest BCUT2D eigenvalue weighted by atomic mass is 35.5. The summed E-state index contributed by atoms with van der Waals surface area (Å²) in [5.74, 6) is -0.266. The summed E-state index contributed by atoms with van der Waals surface area (Å²) in [7, 11) is 0. The predicted octanol–water partition coefficient (Wildman–Crippen LogP) is 3.13. The summed E-state index contributed by atoms with van der Waals surface area (Å²) >= 11 is 5.81. The van der Waals surface area contributed by atoms with E-state index < -0.39 is 5.38 Å². The zero-order valence-electron chi connectivity index (χ0n) is 8.68. The van der Waals surface area contributed by atoms with E-state index in [4.69, 9.17) is 16.3 Å². The van der Waals surface area contributed by atoms with Crippen LogP contribution < -0.4 is 0 Å². The van der Waals surface area contributed by atoms with Gasteiger partial charge in [0.2, 0.25) is 0 Å². The molecule has 0 aromatic carbocycles. The first-order chi connectivity index (χ1) is 6.15. The molecule has 0 fully saturated rings. The monoisotopic (exact) mass is 206 g/mol. The van der Waals surface area contributed by atoms with Crippen molar-refractivity contribution >= 4 is 17.6 Å². The van der Waals surface area contributed by atoms with E-state index in [1.54, 1.807) is 0 Å². The molecular formula is C10H19ClO2. The summed E-state index contributed by atoms with van der Waals surface area (Å²) < 4.78 is 5.19. The SMILES string of the molecule is CCCC(Cl)C(=O)OC(CC)CC. The molecule has 0 rings (SSSR count). The van der Waals surface area contributed by atoms with E-state index in [1.807, 2.05) is 20.8 Å². The third-order valence-electron chi connectivity index (χ3n) is 1.99. The van der Waals surface area contributed by atoms with Gasteiger partial charge in [-0.2, -0.15) is 0 Å². The maximum Gasteiger partial charge on any atom is 0.324 e. The third kappa shape index (κ3) is 5.14. The van der Waals surface area contributed by atoms with Gasteiger partial charge in [0.1, 0.15) is 11.5 Å². The molecule has 1 unspecified atom stereocenters.